The molecule has 0 unspecified atom stereocenters. The van der Waals surface area contributed by atoms with E-state index in [1.165, 1.54) is 61.8 Å². The van der Waals surface area contributed by atoms with E-state index in [1.807, 2.05) is 0 Å². The summed E-state index contributed by atoms with van der Waals surface area (Å²) in [7, 11) is 2.62. The van der Waals surface area contributed by atoms with Crippen LogP contribution in [-0.4, -0.2) is 54.0 Å². The van der Waals surface area contributed by atoms with E-state index in [1.54, 1.807) is 6.07 Å². The molecule has 2 amide bonds. The molecule has 184 valence electrons. The number of anilines is 1. The first-order valence-electron chi connectivity index (χ1n) is 10.4. The summed E-state index contributed by atoms with van der Waals surface area (Å²) < 4.78 is 53.5. The highest BCUT2D eigenvalue weighted by molar-refractivity contribution is 5.95. The lowest BCUT2D eigenvalue weighted by Gasteiger charge is -2.36. The van der Waals surface area contributed by atoms with Gasteiger partial charge in [0.2, 0.25) is 0 Å². The summed E-state index contributed by atoms with van der Waals surface area (Å²) in [6.45, 7) is 0.172. The number of urea groups is 1. The third-order valence-electron chi connectivity index (χ3n) is 5.49. The summed E-state index contributed by atoms with van der Waals surface area (Å²) in [6.07, 6.45) is -3.09. The van der Waals surface area contributed by atoms with E-state index in [9.17, 15) is 22.8 Å². The normalized spacial score (nSPS) is 15.2. The molecule has 1 aromatic heterocycles. The van der Waals surface area contributed by atoms with E-state index in [4.69, 9.17) is 9.47 Å². The van der Waals surface area contributed by atoms with E-state index in [0.29, 0.717) is 17.8 Å². The van der Waals surface area contributed by atoms with Crippen LogP contribution in [0.15, 0.2) is 48.8 Å². The molecule has 0 bridgehead atoms. The fourth-order valence-electron chi connectivity index (χ4n) is 3.97. The molecule has 0 fully saturated rings. The van der Waals surface area contributed by atoms with Crippen LogP contribution in [0.5, 0.6) is 11.5 Å². The number of halogens is 3. The number of H-pyrrole nitrogens is 1. The highest BCUT2D eigenvalue weighted by Crippen LogP contribution is 2.40. The average molecular weight is 490 g/mol. The van der Waals surface area contributed by atoms with Gasteiger partial charge in [0.25, 0.3) is 0 Å². The Balaban J connectivity index is 1.72. The van der Waals surface area contributed by atoms with Crippen LogP contribution in [0.4, 0.5) is 23.7 Å². The van der Waals surface area contributed by atoms with E-state index in [2.05, 4.69) is 20.0 Å². The number of ether oxygens (including phenoxy) is 3. The van der Waals surface area contributed by atoms with Crippen LogP contribution < -0.4 is 14.8 Å². The average Bonchev–Trinajstić information content (AvgIpc) is 3.31. The molecule has 0 saturated heterocycles. The topological polar surface area (TPSA) is 106 Å². The number of carbonyl (C=O) groups excluding carboxylic acids is 2. The van der Waals surface area contributed by atoms with Crippen LogP contribution in [0.2, 0.25) is 0 Å². The van der Waals surface area contributed by atoms with E-state index in [-0.39, 0.29) is 29.1 Å². The molecule has 0 saturated carbocycles. The van der Waals surface area contributed by atoms with Gasteiger partial charge in [-0.2, -0.15) is 0 Å². The van der Waals surface area contributed by atoms with Crippen LogP contribution in [0, 0.1) is 0 Å². The van der Waals surface area contributed by atoms with Crippen molar-refractivity contribution in [1.29, 1.82) is 0 Å². The number of amides is 2. The Morgan fingerprint density at radius 3 is 2.63 bits per heavy atom. The number of rotatable bonds is 5. The minimum absolute atomic E-state index is 0.114. The Morgan fingerprint density at radius 1 is 1.14 bits per heavy atom. The Labute approximate surface area is 197 Å². The lowest BCUT2D eigenvalue weighted by atomic mass is 9.95. The fourth-order valence-corrected chi connectivity index (χ4v) is 3.97. The maximum Gasteiger partial charge on any atom is 0.573 e. The Morgan fingerprint density at radius 2 is 1.91 bits per heavy atom. The molecule has 1 aliphatic heterocycles. The van der Waals surface area contributed by atoms with Crippen LogP contribution in [-0.2, 0) is 11.2 Å². The maximum absolute atomic E-state index is 13.4. The van der Waals surface area contributed by atoms with Gasteiger partial charge in [0, 0.05) is 24.2 Å². The van der Waals surface area contributed by atoms with Gasteiger partial charge in [0.15, 0.2) is 0 Å². The molecule has 1 atom stereocenters. The number of carbonyl (C=O) groups is 2. The number of esters is 1. The Kier molecular flexibility index (Phi) is 6.54. The van der Waals surface area contributed by atoms with Crippen molar-refractivity contribution in [1.82, 2.24) is 14.9 Å². The molecule has 0 radical (unpaired) electrons. The summed E-state index contributed by atoms with van der Waals surface area (Å²) in [5.74, 6) is -0.775. The molecular weight excluding hydrogens is 469 g/mol. The van der Waals surface area contributed by atoms with E-state index < -0.39 is 30.2 Å². The van der Waals surface area contributed by atoms with E-state index >= 15 is 0 Å². The summed E-state index contributed by atoms with van der Waals surface area (Å²) in [4.78, 5) is 34.0. The minimum Gasteiger partial charge on any atom is -0.495 e. The highest BCUT2D eigenvalue weighted by Gasteiger charge is 2.39. The van der Waals surface area contributed by atoms with Crippen molar-refractivity contribution in [3.05, 3.63) is 71.3 Å². The van der Waals surface area contributed by atoms with Gasteiger partial charge in [-0.1, -0.05) is 18.2 Å². The number of methoxy groups -OCH3 is 2. The zero-order valence-electron chi connectivity index (χ0n) is 18.7. The van der Waals surface area contributed by atoms with Gasteiger partial charge in [-0.05, 0) is 24.3 Å². The summed E-state index contributed by atoms with van der Waals surface area (Å²) in [5.41, 5.74) is 1.58. The molecule has 35 heavy (non-hydrogen) atoms. The quantitative estimate of drug-likeness (QED) is 0.517. The second-order valence-corrected chi connectivity index (χ2v) is 7.53. The van der Waals surface area contributed by atoms with Gasteiger partial charge in [-0.15, -0.1) is 13.2 Å². The SMILES string of the molecule is COC(=O)c1ccc(OC)c(NC(=O)N2CCc3[nH]cnc3[C@H]2c2ccccc2OC(F)(F)F)c1. The lowest BCUT2D eigenvalue weighted by Crippen LogP contribution is -2.43. The fraction of sp³-hybridized carbons (Fsp3) is 0.261. The molecule has 0 aliphatic carbocycles. The molecule has 2 N–H and O–H groups in total. The first-order valence-corrected chi connectivity index (χ1v) is 10.4. The van der Waals surface area contributed by atoms with Gasteiger partial charge in [0.1, 0.15) is 17.5 Å². The number of imidazole rings is 1. The van der Waals surface area contributed by atoms with Gasteiger partial charge >= 0.3 is 18.4 Å². The molecule has 2 aromatic carbocycles. The van der Waals surface area contributed by atoms with Crippen molar-refractivity contribution in [2.75, 3.05) is 26.1 Å². The number of hydrogen-bond acceptors (Lipinski definition) is 6. The van der Waals surface area contributed by atoms with Crippen molar-refractivity contribution in [2.24, 2.45) is 0 Å². The van der Waals surface area contributed by atoms with Crippen LogP contribution in [0.3, 0.4) is 0 Å². The first-order chi connectivity index (χ1) is 16.7. The number of nitrogens with one attached hydrogen (secondary N) is 2. The zero-order chi connectivity index (χ0) is 25.2. The summed E-state index contributed by atoms with van der Waals surface area (Å²) in [5, 5.41) is 2.69. The maximum atomic E-state index is 13.4. The lowest BCUT2D eigenvalue weighted by molar-refractivity contribution is -0.275. The van der Waals surface area contributed by atoms with E-state index in [0.717, 1.165) is 0 Å². The Hall–Kier alpha value is -4.22. The second kappa shape index (κ2) is 9.57. The number of hydrogen-bond donors (Lipinski definition) is 2. The monoisotopic (exact) mass is 490 g/mol. The van der Waals surface area contributed by atoms with Gasteiger partial charge in [-0.3, -0.25) is 0 Å². The molecule has 3 aromatic rings. The van der Waals surface area contributed by atoms with Crippen molar-refractivity contribution in [3.63, 3.8) is 0 Å². The predicted octanol–water partition coefficient (Wildman–Crippen LogP) is 4.28. The third kappa shape index (κ3) is 5.00. The smallest absolute Gasteiger partial charge is 0.495 e. The van der Waals surface area contributed by atoms with Crippen LogP contribution >= 0.6 is 0 Å². The number of benzene rings is 2. The molecule has 0 spiro atoms. The zero-order valence-corrected chi connectivity index (χ0v) is 18.7. The minimum atomic E-state index is -4.92. The molecule has 1 aliphatic rings. The van der Waals surface area contributed by atoms with Crippen molar-refractivity contribution < 1.29 is 37.0 Å². The standard InChI is InChI=1S/C23H21F3N4O5/c1-33-18-8-7-13(21(31)34-2)11-16(18)29-22(32)30-10-9-15-19(28-12-27-15)20(30)14-5-3-4-6-17(14)35-23(24,25)26/h3-8,11-12,20H,9-10H2,1-2H3,(H,27,28)(H,29,32)/t20-/m1/s1. The molecule has 4 rings (SSSR count). The second-order valence-electron chi connectivity index (χ2n) is 7.53. The van der Waals surface area contributed by atoms with Crippen molar-refractivity contribution >= 4 is 17.7 Å². The third-order valence-corrected chi connectivity index (χ3v) is 5.49. The van der Waals surface area contributed by atoms with Gasteiger partial charge < -0.3 is 29.4 Å². The number of alkyl halides is 3. The predicted molar refractivity (Wildman–Crippen MR) is 117 cm³/mol. The summed E-state index contributed by atoms with van der Waals surface area (Å²) >= 11 is 0. The molecule has 9 nitrogen and oxygen atoms in total. The van der Waals surface area contributed by atoms with Gasteiger partial charge in [0.05, 0.1) is 37.5 Å². The summed E-state index contributed by atoms with van der Waals surface area (Å²) in [6, 6.07) is 8.35. The first kappa shape index (κ1) is 23.9. The largest absolute Gasteiger partial charge is 0.573 e. The number of aromatic amines is 1. The van der Waals surface area contributed by atoms with Crippen LogP contribution in [0.1, 0.15) is 33.4 Å². The highest BCUT2D eigenvalue weighted by atomic mass is 19.4. The number of nitrogens with zero attached hydrogens (tertiary/aromatic N) is 2. The molecule has 12 heteroatoms. The van der Waals surface area contributed by atoms with Crippen molar-refractivity contribution in [2.45, 2.75) is 18.8 Å². The van der Waals surface area contributed by atoms with Gasteiger partial charge in [-0.25, -0.2) is 14.6 Å². The molecule has 2 heterocycles. The number of para-hydroxylation sites is 1. The number of aromatic nitrogens is 2. The number of fused-ring (bicyclic) bond motifs is 1. The van der Waals surface area contributed by atoms with Crippen LogP contribution in [0.25, 0.3) is 0 Å². The Bertz CT molecular complexity index is 1240. The molecular formula is C23H21F3N4O5. The van der Waals surface area contributed by atoms with Crippen molar-refractivity contribution in [3.8, 4) is 11.5 Å².